The van der Waals surface area contributed by atoms with Crippen LogP contribution in [-0.2, 0) is 6.42 Å². The fraction of sp³-hybridized carbons (Fsp3) is 0.286. The van der Waals surface area contributed by atoms with Crippen LogP contribution in [0.1, 0.15) is 5.56 Å². The van der Waals surface area contributed by atoms with Crippen molar-refractivity contribution in [3.05, 3.63) is 60.2 Å². The van der Waals surface area contributed by atoms with Crippen LogP contribution in [0.2, 0.25) is 0 Å². The molecule has 2 heteroatoms. The first-order valence-corrected chi connectivity index (χ1v) is 6.41. The van der Waals surface area contributed by atoms with Crippen molar-refractivity contribution in [3.63, 3.8) is 0 Å². The molecular formula is C14H15ClS. The number of benzene rings is 1. The van der Waals surface area contributed by atoms with Crippen LogP contribution in [0.5, 0.6) is 0 Å². The Morgan fingerprint density at radius 2 is 1.94 bits per heavy atom. The van der Waals surface area contributed by atoms with Gasteiger partial charge in [0.15, 0.2) is 0 Å². The molecule has 0 spiro atoms. The molecular weight excluding hydrogens is 236 g/mol. The maximum atomic E-state index is 6.02. The Hall–Kier alpha value is -0.660. The molecule has 0 N–H and O–H groups in total. The van der Waals surface area contributed by atoms with Crippen LogP contribution in [0.4, 0.5) is 0 Å². The van der Waals surface area contributed by atoms with E-state index >= 15 is 0 Å². The molecule has 0 saturated carbocycles. The summed E-state index contributed by atoms with van der Waals surface area (Å²) in [6, 6.07) is 10.5. The van der Waals surface area contributed by atoms with Gasteiger partial charge in [0.05, 0.1) is 4.75 Å². The van der Waals surface area contributed by atoms with E-state index in [1.54, 1.807) is 0 Å². The van der Waals surface area contributed by atoms with E-state index in [4.69, 9.17) is 24.2 Å². The first-order chi connectivity index (χ1) is 7.74. The van der Waals surface area contributed by atoms with Gasteiger partial charge in [-0.15, -0.1) is 11.6 Å². The summed E-state index contributed by atoms with van der Waals surface area (Å²) in [6.45, 7) is 0. The summed E-state index contributed by atoms with van der Waals surface area (Å²) in [5.41, 5.74) is 1.33. The van der Waals surface area contributed by atoms with E-state index in [0.29, 0.717) is 11.8 Å². The van der Waals surface area contributed by atoms with Gasteiger partial charge in [-0.25, -0.2) is 0 Å². The molecule has 0 saturated heterocycles. The van der Waals surface area contributed by atoms with Crippen molar-refractivity contribution < 1.29 is 0 Å². The second-order valence-corrected chi connectivity index (χ2v) is 5.26. The van der Waals surface area contributed by atoms with Gasteiger partial charge in [-0.2, -0.15) is 12.6 Å². The lowest BCUT2D eigenvalue weighted by Crippen LogP contribution is -2.33. The number of rotatable bonds is 3. The van der Waals surface area contributed by atoms with Crippen molar-refractivity contribution in [2.24, 2.45) is 5.92 Å². The molecule has 0 aromatic heterocycles. The van der Waals surface area contributed by atoms with Crippen molar-refractivity contribution in [1.29, 1.82) is 0 Å². The summed E-state index contributed by atoms with van der Waals surface area (Å²) >= 11 is 10.7. The average Bonchev–Trinajstić information content (AvgIpc) is 2.34. The predicted molar refractivity (Wildman–Crippen MR) is 74.4 cm³/mol. The van der Waals surface area contributed by atoms with Crippen molar-refractivity contribution in [1.82, 2.24) is 0 Å². The summed E-state index contributed by atoms with van der Waals surface area (Å²) in [7, 11) is 0. The number of allylic oxidation sites excluding steroid dienone is 3. The van der Waals surface area contributed by atoms with Crippen LogP contribution in [0.3, 0.4) is 0 Å². The third-order valence-corrected chi connectivity index (χ3v) is 4.26. The molecule has 0 radical (unpaired) electrons. The standard InChI is InChI=1S/C14H15ClS/c15-11-14(16)9-5-4-8-13(14)10-12-6-2-1-3-7-12/h1-9,13,16H,10-11H2. The van der Waals surface area contributed by atoms with Crippen molar-refractivity contribution in [2.75, 3.05) is 5.88 Å². The summed E-state index contributed by atoms with van der Waals surface area (Å²) in [4.78, 5) is 0. The highest BCUT2D eigenvalue weighted by atomic mass is 35.5. The molecule has 1 aliphatic rings. The zero-order valence-corrected chi connectivity index (χ0v) is 10.7. The van der Waals surface area contributed by atoms with Gasteiger partial charge >= 0.3 is 0 Å². The van der Waals surface area contributed by atoms with Gasteiger partial charge in [0.1, 0.15) is 0 Å². The van der Waals surface area contributed by atoms with Gasteiger partial charge in [-0.05, 0) is 12.0 Å². The molecule has 0 fully saturated rings. The Balaban J connectivity index is 2.15. The molecule has 1 aliphatic carbocycles. The highest BCUT2D eigenvalue weighted by molar-refractivity contribution is 7.82. The topological polar surface area (TPSA) is 0 Å². The molecule has 84 valence electrons. The Morgan fingerprint density at radius 1 is 1.19 bits per heavy atom. The third kappa shape index (κ3) is 2.53. The van der Waals surface area contributed by atoms with Crippen LogP contribution in [0.15, 0.2) is 54.6 Å². The van der Waals surface area contributed by atoms with E-state index in [9.17, 15) is 0 Å². The molecule has 2 atom stereocenters. The van der Waals surface area contributed by atoms with Crippen LogP contribution in [-0.4, -0.2) is 10.6 Å². The van der Waals surface area contributed by atoms with Crippen molar-refractivity contribution >= 4 is 24.2 Å². The number of hydrogen-bond donors (Lipinski definition) is 1. The monoisotopic (exact) mass is 250 g/mol. The highest BCUT2D eigenvalue weighted by Gasteiger charge is 2.31. The predicted octanol–water partition coefficient (Wildman–Crippen LogP) is 3.88. The van der Waals surface area contributed by atoms with Crippen molar-refractivity contribution in [3.8, 4) is 0 Å². The molecule has 2 unspecified atom stereocenters. The summed E-state index contributed by atoms with van der Waals surface area (Å²) in [6.07, 6.45) is 9.38. The van der Waals surface area contributed by atoms with E-state index < -0.39 is 0 Å². The average molecular weight is 251 g/mol. The fourth-order valence-corrected chi connectivity index (χ4v) is 2.52. The van der Waals surface area contributed by atoms with Gasteiger partial charge in [-0.3, -0.25) is 0 Å². The minimum atomic E-state index is -0.216. The molecule has 1 aromatic rings. The SMILES string of the molecule is SC1(CCl)C=CC=CC1Cc1ccccc1. The van der Waals surface area contributed by atoms with Crippen LogP contribution < -0.4 is 0 Å². The Bertz CT molecular complexity index is 396. The Morgan fingerprint density at radius 3 is 2.62 bits per heavy atom. The first-order valence-electron chi connectivity index (χ1n) is 5.43. The molecule has 0 aliphatic heterocycles. The summed E-state index contributed by atoms with van der Waals surface area (Å²) in [5, 5.41) is 0. The lowest BCUT2D eigenvalue weighted by atomic mass is 9.84. The van der Waals surface area contributed by atoms with E-state index in [1.807, 2.05) is 12.1 Å². The molecule has 0 nitrogen and oxygen atoms in total. The normalized spacial score (nSPS) is 28.2. The van der Waals surface area contributed by atoms with Gasteiger partial charge in [0.25, 0.3) is 0 Å². The molecule has 1 aromatic carbocycles. The minimum absolute atomic E-state index is 0.216. The number of hydrogen-bond acceptors (Lipinski definition) is 1. The maximum Gasteiger partial charge on any atom is 0.0512 e. The second kappa shape index (κ2) is 5.11. The lowest BCUT2D eigenvalue weighted by molar-refractivity contribution is 0.554. The Kier molecular flexibility index (Phi) is 3.78. The van der Waals surface area contributed by atoms with Gasteiger partial charge in [0.2, 0.25) is 0 Å². The first kappa shape index (κ1) is 11.8. The quantitative estimate of drug-likeness (QED) is 0.611. The van der Waals surface area contributed by atoms with E-state index in [0.717, 1.165) is 6.42 Å². The number of thiol groups is 1. The van der Waals surface area contributed by atoms with E-state index in [1.165, 1.54) is 5.56 Å². The smallest absolute Gasteiger partial charge is 0.0512 e. The van der Waals surface area contributed by atoms with Crippen LogP contribution in [0, 0.1) is 5.92 Å². The number of halogens is 1. The summed E-state index contributed by atoms with van der Waals surface area (Å²) in [5.74, 6) is 0.898. The summed E-state index contributed by atoms with van der Waals surface area (Å²) < 4.78 is -0.216. The van der Waals surface area contributed by atoms with Gasteiger partial charge in [-0.1, -0.05) is 54.6 Å². The molecule has 0 heterocycles. The van der Waals surface area contributed by atoms with E-state index in [-0.39, 0.29) is 4.75 Å². The number of alkyl halides is 1. The molecule has 0 bridgehead atoms. The zero-order valence-electron chi connectivity index (χ0n) is 9.01. The zero-order chi connectivity index (χ0) is 11.4. The maximum absolute atomic E-state index is 6.02. The third-order valence-electron chi connectivity index (χ3n) is 2.99. The Labute approximate surface area is 107 Å². The van der Waals surface area contributed by atoms with Gasteiger partial charge in [0, 0.05) is 11.8 Å². The van der Waals surface area contributed by atoms with Crippen LogP contribution in [0.25, 0.3) is 0 Å². The molecule has 0 amide bonds. The fourth-order valence-electron chi connectivity index (χ4n) is 1.97. The lowest BCUT2D eigenvalue weighted by Gasteiger charge is -2.32. The van der Waals surface area contributed by atoms with Crippen molar-refractivity contribution in [2.45, 2.75) is 11.2 Å². The molecule has 2 rings (SSSR count). The minimum Gasteiger partial charge on any atom is -0.166 e. The van der Waals surface area contributed by atoms with Crippen LogP contribution >= 0.6 is 24.2 Å². The second-order valence-electron chi connectivity index (χ2n) is 4.17. The van der Waals surface area contributed by atoms with E-state index in [2.05, 4.69) is 42.5 Å². The largest absolute Gasteiger partial charge is 0.166 e. The van der Waals surface area contributed by atoms with Gasteiger partial charge < -0.3 is 0 Å². The molecule has 16 heavy (non-hydrogen) atoms. The highest BCUT2D eigenvalue weighted by Crippen LogP contribution is 2.34.